The largest absolute Gasteiger partial charge is 0.343 e. The predicted octanol–water partition coefficient (Wildman–Crippen LogP) is 4.23. The Morgan fingerprint density at radius 2 is 1.95 bits per heavy atom. The maximum absolute atomic E-state index is 6.06. The third-order valence-electron chi connectivity index (χ3n) is 3.69. The van der Waals surface area contributed by atoms with Crippen LogP contribution in [0.15, 0.2) is 54.7 Å². The van der Waals surface area contributed by atoms with Crippen molar-refractivity contribution in [3.05, 3.63) is 70.9 Å². The first kappa shape index (κ1) is 14.2. The van der Waals surface area contributed by atoms with Crippen molar-refractivity contribution < 1.29 is 0 Å². The molecule has 3 heteroatoms. The summed E-state index contributed by atoms with van der Waals surface area (Å²) in [6.45, 7) is 2.87. The van der Waals surface area contributed by atoms with Gasteiger partial charge in [0.05, 0.1) is 0 Å². The fourth-order valence-corrected chi connectivity index (χ4v) is 2.99. The first-order valence-electron chi connectivity index (χ1n) is 7.20. The molecule has 0 fully saturated rings. The smallest absolute Gasteiger partial charge is 0.0486 e. The lowest BCUT2D eigenvalue weighted by atomic mass is 10.0. The van der Waals surface area contributed by atoms with E-state index in [2.05, 4.69) is 41.1 Å². The van der Waals surface area contributed by atoms with Gasteiger partial charge in [-0.25, -0.2) is 0 Å². The molecule has 1 heterocycles. The number of nitrogens with two attached hydrogens (primary N) is 1. The lowest BCUT2D eigenvalue weighted by Crippen LogP contribution is -2.17. The van der Waals surface area contributed by atoms with Crippen LogP contribution in [-0.2, 0) is 13.0 Å². The van der Waals surface area contributed by atoms with Crippen molar-refractivity contribution in [2.45, 2.75) is 25.9 Å². The van der Waals surface area contributed by atoms with E-state index in [9.17, 15) is 0 Å². The Morgan fingerprint density at radius 1 is 1.14 bits per heavy atom. The number of halogens is 1. The van der Waals surface area contributed by atoms with Gasteiger partial charge in [0.25, 0.3) is 0 Å². The topological polar surface area (TPSA) is 30.9 Å². The molecule has 0 aliphatic carbocycles. The summed E-state index contributed by atoms with van der Waals surface area (Å²) in [6, 6.07) is 16.8. The van der Waals surface area contributed by atoms with Crippen LogP contribution in [0.5, 0.6) is 0 Å². The monoisotopic (exact) mass is 298 g/mol. The Morgan fingerprint density at radius 3 is 2.71 bits per heavy atom. The normalized spacial score (nSPS) is 12.7. The van der Waals surface area contributed by atoms with Crippen LogP contribution >= 0.6 is 11.6 Å². The zero-order valence-electron chi connectivity index (χ0n) is 12.1. The molecule has 1 unspecified atom stereocenters. The van der Waals surface area contributed by atoms with Crippen molar-refractivity contribution >= 4 is 22.5 Å². The standard InChI is InChI=1S/C18H19ClN2/c1-13(20)10-15-5-3-7-18-17(15)8-9-21(18)12-14-4-2-6-16(19)11-14/h2-9,11,13H,10,12,20H2,1H3. The summed E-state index contributed by atoms with van der Waals surface area (Å²) in [5, 5.41) is 2.07. The van der Waals surface area contributed by atoms with E-state index < -0.39 is 0 Å². The van der Waals surface area contributed by atoms with Crippen LogP contribution in [0.2, 0.25) is 5.02 Å². The van der Waals surface area contributed by atoms with Gasteiger partial charge in [-0.3, -0.25) is 0 Å². The quantitative estimate of drug-likeness (QED) is 0.767. The summed E-state index contributed by atoms with van der Waals surface area (Å²) in [4.78, 5) is 0. The number of rotatable bonds is 4. The lowest BCUT2D eigenvalue weighted by molar-refractivity contribution is 0.741. The van der Waals surface area contributed by atoms with Gasteiger partial charge in [-0.05, 0) is 48.7 Å². The van der Waals surface area contributed by atoms with Crippen molar-refractivity contribution in [3.63, 3.8) is 0 Å². The third-order valence-corrected chi connectivity index (χ3v) is 3.92. The highest BCUT2D eigenvalue weighted by atomic mass is 35.5. The van der Waals surface area contributed by atoms with Gasteiger partial charge >= 0.3 is 0 Å². The molecular weight excluding hydrogens is 280 g/mol. The second-order valence-electron chi connectivity index (χ2n) is 5.60. The van der Waals surface area contributed by atoms with E-state index in [1.165, 1.54) is 22.0 Å². The Labute approximate surface area is 130 Å². The number of nitrogens with zero attached hydrogens (tertiary/aromatic N) is 1. The lowest BCUT2D eigenvalue weighted by Gasteiger charge is -2.09. The van der Waals surface area contributed by atoms with Crippen LogP contribution < -0.4 is 5.73 Å². The molecule has 3 rings (SSSR count). The van der Waals surface area contributed by atoms with Crippen molar-refractivity contribution in [1.82, 2.24) is 4.57 Å². The number of aromatic nitrogens is 1. The molecule has 2 nitrogen and oxygen atoms in total. The molecule has 1 atom stereocenters. The molecule has 3 aromatic rings. The van der Waals surface area contributed by atoms with Crippen LogP contribution in [0, 0.1) is 0 Å². The van der Waals surface area contributed by atoms with E-state index in [1.54, 1.807) is 0 Å². The molecule has 0 aliphatic heterocycles. The minimum atomic E-state index is 0.173. The summed E-state index contributed by atoms with van der Waals surface area (Å²) >= 11 is 6.06. The van der Waals surface area contributed by atoms with Gasteiger partial charge in [-0.2, -0.15) is 0 Å². The van der Waals surface area contributed by atoms with Gasteiger partial charge in [0.1, 0.15) is 0 Å². The SMILES string of the molecule is CC(N)Cc1cccc2c1ccn2Cc1cccc(Cl)c1. The minimum Gasteiger partial charge on any atom is -0.343 e. The van der Waals surface area contributed by atoms with E-state index in [-0.39, 0.29) is 6.04 Å². The Bertz CT molecular complexity index is 759. The predicted molar refractivity (Wildman–Crippen MR) is 89.8 cm³/mol. The van der Waals surface area contributed by atoms with E-state index in [4.69, 9.17) is 17.3 Å². The van der Waals surface area contributed by atoms with E-state index in [1.807, 2.05) is 25.1 Å². The fraction of sp³-hybridized carbons (Fsp3) is 0.222. The van der Waals surface area contributed by atoms with Crippen molar-refractivity contribution in [2.75, 3.05) is 0 Å². The Hall–Kier alpha value is -1.77. The number of hydrogen-bond donors (Lipinski definition) is 1. The van der Waals surface area contributed by atoms with Gasteiger partial charge in [-0.15, -0.1) is 0 Å². The van der Waals surface area contributed by atoms with Crippen LogP contribution in [0.4, 0.5) is 0 Å². The fourth-order valence-electron chi connectivity index (χ4n) is 2.78. The van der Waals surface area contributed by atoms with E-state index in [0.717, 1.165) is 18.0 Å². The summed E-state index contributed by atoms with van der Waals surface area (Å²) in [6.07, 6.45) is 3.04. The van der Waals surface area contributed by atoms with Gasteiger partial charge in [0.2, 0.25) is 0 Å². The molecule has 0 saturated carbocycles. The van der Waals surface area contributed by atoms with Crippen LogP contribution in [0.3, 0.4) is 0 Å². The molecule has 0 radical (unpaired) electrons. The number of benzene rings is 2. The highest BCUT2D eigenvalue weighted by molar-refractivity contribution is 6.30. The van der Waals surface area contributed by atoms with Crippen molar-refractivity contribution in [1.29, 1.82) is 0 Å². The molecule has 0 bridgehead atoms. The highest BCUT2D eigenvalue weighted by Crippen LogP contribution is 2.23. The van der Waals surface area contributed by atoms with Crippen LogP contribution in [-0.4, -0.2) is 10.6 Å². The molecular formula is C18H19ClN2. The first-order valence-corrected chi connectivity index (χ1v) is 7.58. The average Bonchev–Trinajstić information content (AvgIpc) is 2.83. The van der Waals surface area contributed by atoms with Gasteiger partial charge in [-0.1, -0.05) is 35.9 Å². The van der Waals surface area contributed by atoms with Gasteiger partial charge < -0.3 is 10.3 Å². The molecule has 2 aromatic carbocycles. The summed E-state index contributed by atoms with van der Waals surface area (Å²) in [5.74, 6) is 0. The summed E-state index contributed by atoms with van der Waals surface area (Å²) in [7, 11) is 0. The zero-order chi connectivity index (χ0) is 14.8. The molecule has 0 aliphatic rings. The second-order valence-corrected chi connectivity index (χ2v) is 6.04. The van der Waals surface area contributed by atoms with Crippen LogP contribution in [0.25, 0.3) is 10.9 Å². The van der Waals surface area contributed by atoms with Crippen LogP contribution in [0.1, 0.15) is 18.1 Å². The number of hydrogen-bond acceptors (Lipinski definition) is 1. The highest BCUT2D eigenvalue weighted by Gasteiger charge is 2.07. The van der Waals surface area contributed by atoms with Crippen molar-refractivity contribution in [2.24, 2.45) is 5.73 Å². The minimum absolute atomic E-state index is 0.173. The molecule has 2 N–H and O–H groups in total. The molecule has 0 spiro atoms. The average molecular weight is 299 g/mol. The molecule has 0 amide bonds. The Balaban J connectivity index is 1.97. The van der Waals surface area contributed by atoms with Crippen molar-refractivity contribution in [3.8, 4) is 0 Å². The summed E-state index contributed by atoms with van der Waals surface area (Å²) in [5.41, 5.74) is 9.70. The first-order chi connectivity index (χ1) is 10.1. The molecule has 1 aromatic heterocycles. The second kappa shape index (κ2) is 5.92. The van der Waals surface area contributed by atoms with E-state index >= 15 is 0 Å². The Kier molecular flexibility index (Phi) is 4.00. The maximum atomic E-state index is 6.06. The zero-order valence-corrected chi connectivity index (χ0v) is 12.8. The molecule has 108 valence electrons. The number of fused-ring (bicyclic) bond motifs is 1. The maximum Gasteiger partial charge on any atom is 0.0486 e. The van der Waals surface area contributed by atoms with E-state index in [0.29, 0.717) is 0 Å². The third kappa shape index (κ3) is 3.12. The molecule has 21 heavy (non-hydrogen) atoms. The summed E-state index contributed by atoms with van der Waals surface area (Å²) < 4.78 is 2.26. The van der Waals surface area contributed by atoms with Gasteiger partial charge in [0, 0.05) is 34.7 Å². The molecule has 0 saturated heterocycles. The van der Waals surface area contributed by atoms with Gasteiger partial charge in [0.15, 0.2) is 0 Å².